The Bertz CT molecular complexity index is 385. The predicted molar refractivity (Wildman–Crippen MR) is 54.0 cm³/mol. The van der Waals surface area contributed by atoms with Gasteiger partial charge in [-0.3, -0.25) is 4.98 Å². The Morgan fingerprint density at radius 1 is 1.36 bits per heavy atom. The first-order valence-corrected chi connectivity index (χ1v) is 5.00. The maximum absolute atomic E-state index is 8.47. The van der Waals surface area contributed by atoms with Gasteiger partial charge in [0, 0.05) is 23.3 Å². The van der Waals surface area contributed by atoms with Gasteiger partial charge in [0.2, 0.25) is 0 Å². The van der Waals surface area contributed by atoms with Crippen LogP contribution in [-0.2, 0) is 6.54 Å². The quantitative estimate of drug-likeness (QED) is 0.752. The van der Waals surface area contributed by atoms with Crippen LogP contribution >= 0.6 is 11.3 Å². The Balaban J connectivity index is 2.22. The molecule has 72 valence electrons. The molecule has 0 unspecified atom stereocenters. The van der Waals surface area contributed by atoms with Crippen molar-refractivity contribution in [3.8, 4) is 10.6 Å². The van der Waals surface area contributed by atoms with Crippen LogP contribution in [0.15, 0.2) is 29.9 Å². The van der Waals surface area contributed by atoms with E-state index in [0.29, 0.717) is 6.54 Å². The van der Waals surface area contributed by atoms with Crippen molar-refractivity contribution < 1.29 is 5.21 Å². The molecule has 0 aromatic carbocycles. The second-order valence-electron chi connectivity index (χ2n) is 2.71. The number of pyridine rings is 1. The highest BCUT2D eigenvalue weighted by Gasteiger charge is 2.00. The molecule has 0 bridgehead atoms. The van der Waals surface area contributed by atoms with Gasteiger partial charge >= 0.3 is 0 Å². The molecule has 5 heteroatoms. The maximum Gasteiger partial charge on any atom is 0.124 e. The van der Waals surface area contributed by atoms with Gasteiger partial charge in [-0.15, -0.1) is 11.3 Å². The summed E-state index contributed by atoms with van der Waals surface area (Å²) in [5.74, 6) is 0. The van der Waals surface area contributed by atoms with Crippen LogP contribution in [0.3, 0.4) is 0 Å². The second kappa shape index (κ2) is 4.28. The minimum absolute atomic E-state index is 0.359. The lowest BCUT2D eigenvalue weighted by Crippen LogP contribution is -2.07. The van der Waals surface area contributed by atoms with E-state index in [1.165, 1.54) is 0 Å². The van der Waals surface area contributed by atoms with E-state index in [-0.39, 0.29) is 0 Å². The smallest absolute Gasteiger partial charge is 0.124 e. The van der Waals surface area contributed by atoms with E-state index < -0.39 is 0 Å². The summed E-state index contributed by atoms with van der Waals surface area (Å²) in [5.41, 5.74) is 3.86. The van der Waals surface area contributed by atoms with E-state index in [4.69, 9.17) is 5.21 Å². The van der Waals surface area contributed by atoms with Gasteiger partial charge in [-0.25, -0.2) is 4.98 Å². The van der Waals surface area contributed by atoms with Gasteiger partial charge < -0.3 is 5.21 Å². The molecule has 4 nitrogen and oxygen atoms in total. The summed E-state index contributed by atoms with van der Waals surface area (Å²) in [4.78, 5) is 8.34. The first kappa shape index (κ1) is 9.26. The molecule has 0 aliphatic rings. The largest absolute Gasteiger partial charge is 0.316 e. The van der Waals surface area contributed by atoms with Crippen LogP contribution in [0.1, 0.15) is 5.69 Å². The van der Waals surface area contributed by atoms with E-state index in [1.54, 1.807) is 23.7 Å². The van der Waals surface area contributed by atoms with Crippen LogP contribution in [0.4, 0.5) is 0 Å². The molecule has 0 radical (unpaired) electrons. The monoisotopic (exact) mass is 207 g/mol. The number of aromatic nitrogens is 2. The van der Waals surface area contributed by atoms with Crippen molar-refractivity contribution >= 4 is 11.3 Å². The Kier molecular flexibility index (Phi) is 2.83. The first-order valence-electron chi connectivity index (χ1n) is 4.12. The standard InChI is InChI=1S/C9H9N3OS/c13-12-6-8-2-1-7(5-11-8)9-10-3-4-14-9/h1-5,12-13H,6H2. The molecule has 2 aromatic heterocycles. The molecule has 2 aromatic rings. The topological polar surface area (TPSA) is 58.0 Å². The number of nitrogens with zero attached hydrogens (tertiary/aromatic N) is 2. The highest BCUT2D eigenvalue weighted by Crippen LogP contribution is 2.20. The summed E-state index contributed by atoms with van der Waals surface area (Å²) >= 11 is 1.58. The highest BCUT2D eigenvalue weighted by molar-refractivity contribution is 7.13. The second-order valence-corrected chi connectivity index (χ2v) is 3.60. The zero-order valence-corrected chi connectivity index (χ0v) is 8.16. The third-order valence-corrected chi connectivity index (χ3v) is 2.59. The number of hydroxylamine groups is 1. The van der Waals surface area contributed by atoms with E-state index in [0.717, 1.165) is 16.3 Å². The summed E-state index contributed by atoms with van der Waals surface area (Å²) < 4.78 is 0. The lowest BCUT2D eigenvalue weighted by molar-refractivity contribution is 0.160. The number of nitrogens with one attached hydrogen (secondary N) is 1. The Morgan fingerprint density at radius 2 is 2.29 bits per heavy atom. The number of hydrogen-bond donors (Lipinski definition) is 2. The van der Waals surface area contributed by atoms with Gasteiger partial charge in [0.1, 0.15) is 5.01 Å². The average Bonchev–Trinajstić information content (AvgIpc) is 2.72. The van der Waals surface area contributed by atoms with Gasteiger partial charge in [-0.05, 0) is 12.1 Å². The molecule has 2 heterocycles. The predicted octanol–water partition coefficient (Wildman–Crippen LogP) is 1.68. The van der Waals surface area contributed by atoms with Crippen LogP contribution in [-0.4, -0.2) is 15.2 Å². The van der Waals surface area contributed by atoms with Crippen LogP contribution in [0.5, 0.6) is 0 Å². The molecule has 0 saturated carbocycles. The van der Waals surface area contributed by atoms with E-state index >= 15 is 0 Å². The molecular formula is C9H9N3OS. The number of hydrogen-bond acceptors (Lipinski definition) is 5. The molecular weight excluding hydrogens is 198 g/mol. The van der Waals surface area contributed by atoms with Crippen molar-refractivity contribution in [3.63, 3.8) is 0 Å². The van der Waals surface area contributed by atoms with Gasteiger partial charge in [0.15, 0.2) is 0 Å². The fourth-order valence-corrected chi connectivity index (χ4v) is 1.73. The summed E-state index contributed by atoms with van der Waals surface area (Å²) in [5, 5.41) is 11.4. The molecule has 0 spiro atoms. The molecule has 0 fully saturated rings. The SMILES string of the molecule is ONCc1ccc(-c2nccs2)cn1. The van der Waals surface area contributed by atoms with Crippen molar-refractivity contribution in [2.45, 2.75) is 6.54 Å². The average molecular weight is 207 g/mol. The molecule has 0 aliphatic heterocycles. The van der Waals surface area contributed by atoms with Crippen molar-refractivity contribution in [1.82, 2.24) is 15.4 Å². The molecule has 2 rings (SSSR count). The van der Waals surface area contributed by atoms with Crippen molar-refractivity contribution in [1.29, 1.82) is 0 Å². The molecule has 14 heavy (non-hydrogen) atoms. The van der Waals surface area contributed by atoms with Crippen molar-refractivity contribution in [3.05, 3.63) is 35.6 Å². The van der Waals surface area contributed by atoms with Crippen LogP contribution in [0.25, 0.3) is 10.6 Å². The fourth-order valence-electron chi connectivity index (χ4n) is 1.10. The number of thiazole rings is 1. The zero-order valence-electron chi connectivity index (χ0n) is 7.34. The third kappa shape index (κ3) is 1.95. The lowest BCUT2D eigenvalue weighted by atomic mass is 10.2. The Morgan fingerprint density at radius 3 is 2.86 bits per heavy atom. The summed E-state index contributed by atoms with van der Waals surface area (Å²) in [6.07, 6.45) is 3.52. The van der Waals surface area contributed by atoms with E-state index in [2.05, 4.69) is 15.4 Å². The fraction of sp³-hybridized carbons (Fsp3) is 0.111. The zero-order chi connectivity index (χ0) is 9.80. The Labute approximate surface area is 85.2 Å². The van der Waals surface area contributed by atoms with Crippen LogP contribution in [0.2, 0.25) is 0 Å². The van der Waals surface area contributed by atoms with E-state index in [9.17, 15) is 0 Å². The van der Waals surface area contributed by atoms with Crippen LogP contribution < -0.4 is 5.48 Å². The molecule has 2 N–H and O–H groups in total. The van der Waals surface area contributed by atoms with Crippen molar-refractivity contribution in [2.75, 3.05) is 0 Å². The van der Waals surface area contributed by atoms with Gasteiger partial charge in [-0.1, -0.05) is 0 Å². The summed E-state index contributed by atoms with van der Waals surface area (Å²) in [6, 6.07) is 3.80. The van der Waals surface area contributed by atoms with E-state index in [1.807, 2.05) is 17.5 Å². The minimum atomic E-state index is 0.359. The first-order chi connectivity index (χ1) is 6.90. The van der Waals surface area contributed by atoms with Gasteiger partial charge in [-0.2, -0.15) is 5.48 Å². The summed E-state index contributed by atoms with van der Waals surface area (Å²) in [7, 11) is 0. The van der Waals surface area contributed by atoms with Crippen LogP contribution in [0, 0.1) is 0 Å². The normalized spacial score (nSPS) is 10.4. The molecule has 0 amide bonds. The molecule has 0 saturated heterocycles. The third-order valence-electron chi connectivity index (χ3n) is 1.76. The Hall–Kier alpha value is -1.30. The molecule has 0 aliphatic carbocycles. The minimum Gasteiger partial charge on any atom is -0.316 e. The lowest BCUT2D eigenvalue weighted by Gasteiger charge is -1.99. The maximum atomic E-state index is 8.47. The number of rotatable bonds is 3. The molecule has 0 atom stereocenters. The van der Waals surface area contributed by atoms with Gasteiger partial charge in [0.05, 0.1) is 12.2 Å². The summed E-state index contributed by atoms with van der Waals surface area (Å²) in [6.45, 7) is 0.359. The van der Waals surface area contributed by atoms with Crippen molar-refractivity contribution in [2.24, 2.45) is 0 Å². The highest BCUT2D eigenvalue weighted by atomic mass is 32.1. The van der Waals surface area contributed by atoms with Gasteiger partial charge in [0.25, 0.3) is 0 Å².